The van der Waals surface area contributed by atoms with E-state index in [1.807, 2.05) is 61.5 Å². The average molecular weight is 421 g/mol. The van der Waals surface area contributed by atoms with Gasteiger partial charge in [-0.05, 0) is 61.0 Å². The first kappa shape index (κ1) is 20.0. The van der Waals surface area contributed by atoms with Crippen molar-refractivity contribution in [3.63, 3.8) is 0 Å². The summed E-state index contributed by atoms with van der Waals surface area (Å²) in [5.41, 5.74) is 2.43. The minimum atomic E-state index is -0.106. The summed E-state index contributed by atoms with van der Waals surface area (Å²) in [6.07, 6.45) is 0. The number of halogens is 1. The molecule has 3 aromatic carbocycles. The Morgan fingerprint density at radius 2 is 1.80 bits per heavy atom. The number of benzene rings is 3. The fraction of sp³-hybridized carbons (Fsp3) is 0.167. The Bertz CT molecular complexity index is 1250. The molecule has 0 fully saturated rings. The van der Waals surface area contributed by atoms with E-state index in [9.17, 15) is 4.79 Å². The van der Waals surface area contributed by atoms with E-state index in [1.54, 1.807) is 23.8 Å². The maximum absolute atomic E-state index is 13.2. The number of para-hydroxylation sites is 1. The van der Waals surface area contributed by atoms with E-state index in [2.05, 4.69) is 0 Å². The molecule has 30 heavy (non-hydrogen) atoms. The van der Waals surface area contributed by atoms with Gasteiger partial charge in [-0.25, -0.2) is 4.98 Å². The number of hydrogen-bond donors (Lipinski definition) is 0. The van der Waals surface area contributed by atoms with Crippen LogP contribution in [0.3, 0.4) is 0 Å². The number of ether oxygens (including phenoxy) is 2. The van der Waals surface area contributed by atoms with Crippen LogP contribution >= 0.6 is 11.6 Å². The van der Waals surface area contributed by atoms with Crippen LogP contribution in [0.1, 0.15) is 5.56 Å². The molecule has 0 N–H and O–H groups in total. The van der Waals surface area contributed by atoms with Gasteiger partial charge < -0.3 is 9.47 Å². The van der Waals surface area contributed by atoms with E-state index in [0.717, 1.165) is 16.9 Å². The monoisotopic (exact) mass is 420 g/mol. The predicted octanol–water partition coefficient (Wildman–Crippen LogP) is 5.11. The third-order valence-electron chi connectivity index (χ3n) is 4.87. The van der Waals surface area contributed by atoms with Crippen LogP contribution in [0.4, 0.5) is 0 Å². The van der Waals surface area contributed by atoms with E-state index in [-0.39, 0.29) is 12.2 Å². The maximum Gasteiger partial charge on any atom is 0.261 e. The Hall–Kier alpha value is -3.31. The highest BCUT2D eigenvalue weighted by molar-refractivity contribution is 6.32. The molecule has 0 aliphatic carbocycles. The zero-order valence-electron chi connectivity index (χ0n) is 16.8. The molecule has 0 spiro atoms. The van der Waals surface area contributed by atoms with Gasteiger partial charge in [-0.3, -0.25) is 9.36 Å². The van der Waals surface area contributed by atoms with Crippen LogP contribution in [0, 0.1) is 6.92 Å². The molecule has 0 saturated heterocycles. The molecule has 5 nitrogen and oxygen atoms in total. The summed E-state index contributed by atoms with van der Waals surface area (Å²) in [6, 6.07) is 20.4. The highest BCUT2D eigenvalue weighted by Gasteiger charge is 2.13. The summed E-state index contributed by atoms with van der Waals surface area (Å²) in [5, 5.41) is 1.11. The first-order chi connectivity index (χ1) is 14.6. The Kier molecular flexibility index (Phi) is 5.72. The molecular formula is C24H21ClN2O3. The molecule has 1 heterocycles. The number of methoxy groups -OCH3 is 1. The SMILES string of the molecule is COc1ccc(-c2nc3ccccc3c(=O)n2CCOc2cc(C)ccc2Cl)cc1. The van der Waals surface area contributed by atoms with E-state index >= 15 is 0 Å². The molecule has 0 radical (unpaired) electrons. The first-order valence-electron chi connectivity index (χ1n) is 9.60. The fourth-order valence-corrected chi connectivity index (χ4v) is 3.48. The van der Waals surface area contributed by atoms with Gasteiger partial charge in [0.15, 0.2) is 0 Å². The number of hydrogen-bond acceptors (Lipinski definition) is 4. The van der Waals surface area contributed by atoms with E-state index in [4.69, 9.17) is 26.1 Å². The lowest BCUT2D eigenvalue weighted by Gasteiger charge is -2.15. The topological polar surface area (TPSA) is 53.3 Å². The van der Waals surface area contributed by atoms with Crippen molar-refractivity contribution in [2.45, 2.75) is 13.5 Å². The Morgan fingerprint density at radius 3 is 2.57 bits per heavy atom. The van der Waals surface area contributed by atoms with Gasteiger partial charge in [-0.15, -0.1) is 0 Å². The summed E-state index contributed by atoms with van der Waals surface area (Å²) in [4.78, 5) is 18.0. The minimum Gasteiger partial charge on any atom is -0.497 e. The van der Waals surface area contributed by atoms with Crippen LogP contribution in [0.5, 0.6) is 11.5 Å². The molecule has 0 saturated carbocycles. The lowest BCUT2D eigenvalue weighted by Crippen LogP contribution is -2.26. The van der Waals surface area contributed by atoms with Crippen LogP contribution in [0.15, 0.2) is 71.5 Å². The van der Waals surface area contributed by atoms with Gasteiger partial charge in [-0.2, -0.15) is 0 Å². The molecule has 152 valence electrons. The summed E-state index contributed by atoms with van der Waals surface area (Å²) >= 11 is 6.23. The van der Waals surface area contributed by atoms with Gasteiger partial charge in [0.25, 0.3) is 5.56 Å². The molecule has 1 aromatic heterocycles. The number of fused-ring (bicyclic) bond motifs is 1. The molecule has 6 heteroatoms. The summed E-state index contributed by atoms with van der Waals surface area (Å²) in [7, 11) is 1.62. The molecule has 0 aliphatic heterocycles. The van der Waals surface area contributed by atoms with Gasteiger partial charge in [-0.1, -0.05) is 29.8 Å². The highest BCUT2D eigenvalue weighted by Crippen LogP contribution is 2.26. The second-order valence-corrected chi connectivity index (χ2v) is 7.33. The lowest BCUT2D eigenvalue weighted by molar-refractivity contribution is 0.297. The normalized spacial score (nSPS) is 10.9. The van der Waals surface area contributed by atoms with E-state index in [0.29, 0.717) is 34.0 Å². The van der Waals surface area contributed by atoms with Gasteiger partial charge in [0, 0.05) is 5.56 Å². The Morgan fingerprint density at radius 1 is 1.03 bits per heavy atom. The summed E-state index contributed by atoms with van der Waals surface area (Å²) in [6.45, 7) is 2.59. The lowest BCUT2D eigenvalue weighted by atomic mass is 10.1. The Balaban J connectivity index is 1.72. The number of aryl methyl sites for hydroxylation is 1. The third-order valence-corrected chi connectivity index (χ3v) is 5.18. The second-order valence-electron chi connectivity index (χ2n) is 6.92. The van der Waals surface area contributed by atoms with Crippen molar-refractivity contribution in [1.82, 2.24) is 9.55 Å². The van der Waals surface area contributed by atoms with Crippen LogP contribution in [0.25, 0.3) is 22.3 Å². The standard InChI is InChI=1S/C24H21ClN2O3/c1-16-7-12-20(25)22(15-16)30-14-13-27-23(17-8-10-18(29-2)11-9-17)26-21-6-4-3-5-19(21)24(27)28/h3-12,15H,13-14H2,1-2H3. The smallest absolute Gasteiger partial charge is 0.261 e. The molecule has 0 bridgehead atoms. The number of aromatic nitrogens is 2. The van der Waals surface area contributed by atoms with Gasteiger partial charge in [0.2, 0.25) is 0 Å². The predicted molar refractivity (Wildman–Crippen MR) is 120 cm³/mol. The van der Waals surface area contributed by atoms with Gasteiger partial charge >= 0.3 is 0 Å². The van der Waals surface area contributed by atoms with Crippen molar-refractivity contribution in [2.24, 2.45) is 0 Å². The largest absolute Gasteiger partial charge is 0.497 e. The average Bonchev–Trinajstić information content (AvgIpc) is 2.77. The van der Waals surface area contributed by atoms with E-state index < -0.39 is 0 Å². The third kappa shape index (κ3) is 4.02. The zero-order chi connectivity index (χ0) is 21.1. The molecule has 4 aromatic rings. The summed E-state index contributed by atoms with van der Waals surface area (Å²) in [5.74, 6) is 1.93. The van der Waals surface area contributed by atoms with Crippen LogP contribution in [-0.2, 0) is 6.54 Å². The van der Waals surface area contributed by atoms with Crippen LogP contribution in [0.2, 0.25) is 5.02 Å². The van der Waals surface area contributed by atoms with Crippen molar-refractivity contribution in [3.05, 3.63) is 87.7 Å². The van der Waals surface area contributed by atoms with Gasteiger partial charge in [0.05, 0.1) is 29.6 Å². The highest BCUT2D eigenvalue weighted by atomic mass is 35.5. The second kappa shape index (κ2) is 8.59. The van der Waals surface area contributed by atoms with E-state index in [1.165, 1.54) is 0 Å². The maximum atomic E-state index is 13.2. The molecule has 4 rings (SSSR count). The molecule has 0 unspecified atom stereocenters. The number of nitrogens with zero attached hydrogens (tertiary/aromatic N) is 2. The molecule has 0 atom stereocenters. The molecular weight excluding hydrogens is 400 g/mol. The van der Waals surface area contributed by atoms with Gasteiger partial charge in [0.1, 0.15) is 23.9 Å². The molecule has 0 amide bonds. The van der Waals surface area contributed by atoms with Crippen molar-refractivity contribution in [3.8, 4) is 22.9 Å². The fourth-order valence-electron chi connectivity index (χ4n) is 3.30. The zero-order valence-corrected chi connectivity index (χ0v) is 17.5. The van der Waals surface area contributed by atoms with Crippen molar-refractivity contribution in [1.29, 1.82) is 0 Å². The van der Waals surface area contributed by atoms with Crippen molar-refractivity contribution in [2.75, 3.05) is 13.7 Å². The Labute approximate surface area is 179 Å². The first-order valence-corrected chi connectivity index (χ1v) is 9.97. The summed E-state index contributed by atoms with van der Waals surface area (Å²) < 4.78 is 12.8. The minimum absolute atomic E-state index is 0.106. The molecule has 0 aliphatic rings. The quantitative estimate of drug-likeness (QED) is 0.434. The van der Waals surface area contributed by atoms with Crippen LogP contribution < -0.4 is 15.0 Å². The number of rotatable bonds is 6. The van der Waals surface area contributed by atoms with Crippen LogP contribution in [-0.4, -0.2) is 23.3 Å². The van der Waals surface area contributed by atoms with Crippen molar-refractivity contribution < 1.29 is 9.47 Å². The van der Waals surface area contributed by atoms with Crippen molar-refractivity contribution >= 4 is 22.5 Å².